The smallest absolute Gasteiger partial charge is 0.0623 e. The first-order valence-electron chi connectivity index (χ1n) is 7.47. The predicted octanol–water partition coefficient (Wildman–Crippen LogP) is 2.99. The van der Waals surface area contributed by atoms with Crippen LogP contribution in [0.2, 0.25) is 0 Å². The summed E-state index contributed by atoms with van der Waals surface area (Å²) in [4.78, 5) is 0. The molecular formula is C16H25ClN2O. The van der Waals surface area contributed by atoms with Gasteiger partial charge in [0.25, 0.3) is 0 Å². The third-order valence-electron chi connectivity index (χ3n) is 4.41. The van der Waals surface area contributed by atoms with Gasteiger partial charge >= 0.3 is 0 Å². The van der Waals surface area contributed by atoms with Crippen molar-refractivity contribution in [2.24, 2.45) is 5.92 Å². The van der Waals surface area contributed by atoms with Crippen molar-refractivity contribution < 1.29 is 4.74 Å². The number of halogens is 1. The molecule has 2 aliphatic rings. The van der Waals surface area contributed by atoms with Gasteiger partial charge in [0.15, 0.2) is 0 Å². The molecule has 20 heavy (non-hydrogen) atoms. The Balaban J connectivity index is 0.00000147. The number of ether oxygens (including phenoxy) is 1. The summed E-state index contributed by atoms with van der Waals surface area (Å²) in [6, 6.07) is 9.80. The molecule has 0 spiro atoms. The molecule has 0 bridgehead atoms. The van der Waals surface area contributed by atoms with E-state index in [0.29, 0.717) is 18.0 Å². The van der Waals surface area contributed by atoms with E-state index in [1.54, 1.807) is 0 Å². The number of morpholine rings is 1. The van der Waals surface area contributed by atoms with Gasteiger partial charge in [-0.2, -0.15) is 0 Å². The van der Waals surface area contributed by atoms with Gasteiger partial charge in [-0.05, 0) is 43.4 Å². The first kappa shape index (κ1) is 15.6. The molecule has 1 heterocycles. The second-order valence-electron chi connectivity index (χ2n) is 5.85. The third-order valence-corrected chi connectivity index (χ3v) is 4.41. The van der Waals surface area contributed by atoms with Crippen LogP contribution in [0.4, 0.5) is 5.69 Å². The molecule has 3 unspecified atom stereocenters. The summed E-state index contributed by atoms with van der Waals surface area (Å²) in [5.41, 5.74) is 2.58. The molecule has 0 amide bonds. The Morgan fingerprint density at radius 3 is 2.95 bits per heavy atom. The molecule has 1 aromatic rings. The van der Waals surface area contributed by atoms with E-state index in [4.69, 9.17) is 4.74 Å². The Hall–Kier alpha value is -0.770. The van der Waals surface area contributed by atoms with Crippen molar-refractivity contribution in [3.63, 3.8) is 0 Å². The highest BCUT2D eigenvalue weighted by Crippen LogP contribution is 2.32. The van der Waals surface area contributed by atoms with Crippen molar-refractivity contribution in [3.05, 3.63) is 29.8 Å². The fourth-order valence-corrected chi connectivity index (χ4v) is 3.46. The number of rotatable bonds is 3. The van der Waals surface area contributed by atoms with Gasteiger partial charge in [-0.1, -0.05) is 18.6 Å². The Bertz CT molecular complexity index is 421. The average molecular weight is 297 g/mol. The summed E-state index contributed by atoms with van der Waals surface area (Å²) in [5.74, 6) is 0.695. The monoisotopic (exact) mass is 296 g/mol. The Labute approximate surface area is 127 Å². The van der Waals surface area contributed by atoms with Gasteiger partial charge in [0.05, 0.1) is 13.2 Å². The Morgan fingerprint density at radius 1 is 1.30 bits per heavy atom. The molecule has 3 rings (SSSR count). The van der Waals surface area contributed by atoms with Gasteiger partial charge in [0.1, 0.15) is 0 Å². The summed E-state index contributed by atoms with van der Waals surface area (Å²) in [6.07, 6.45) is 3.91. The average Bonchev–Trinajstić information content (AvgIpc) is 2.88. The van der Waals surface area contributed by atoms with E-state index < -0.39 is 0 Å². The molecule has 112 valence electrons. The molecule has 3 nitrogen and oxygen atoms in total. The molecule has 1 aliphatic carbocycles. The lowest BCUT2D eigenvalue weighted by Gasteiger charge is -2.33. The van der Waals surface area contributed by atoms with Crippen molar-refractivity contribution in [1.29, 1.82) is 0 Å². The van der Waals surface area contributed by atoms with E-state index in [2.05, 4.69) is 41.8 Å². The lowest BCUT2D eigenvalue weighted by molar-refractivity contribution is 0.0559. The summed E-state index contributed by atoms with van der Waals surface area (Å²) in [5, 5.41) is 7.36. The number of hydrogen-bond acceptors (Lipinski definition) is 3. The van der Waals surface area contributed by atoms with Crippen LogP contribution >= 0.6 is 12.4 Å². The number of anilines is 1. The van der Waals surface area contributed by atoms with Crippen LogP contribution < -0.4 is 10.6 Å². The van der Waals surface area contributed by atoms with E-state index >= 15 is 0 Å². The minimum Gasteiger partial charge on any atom is -0.382 e. The molecule has 2 fully saturated rings. The molecule has 0 radical (unpaired) electrons. The maximum absolute atomic E-state index is 5.62. The normalized spacial score (nSPS) is 29.8. The fourth-order valence-electron chi connectivity index (χ4n) is 3.46. The molecule has 1 saturated carbocycles. The van der Waals surface area contributed by atoms with Gasteiger partial charge in [-0.3, -0.25) is 0 Å². The second kappa shape index (κ2) is 7.30. The number of aryl methyl sites for hydroxylation is 1. The molecule has 1 saturated heterocycles. The minimum atomic E-state index is 0. The van der Waals surface area contributed by atoms with Crippen LogP contribution in [0.3, 0.4) is 0 Å². The predicted molar refractivity (Wildman–Crippen MR) is 85.8 cm³/mol. The van der Waals surface area contributed by atoms with Crippen molar-refractivity contribution in [1.82, 2.24) is 5.32 Å². The van der Waals surface area contributed by atoms with Crippen molar-refractivity contribution >= 4 is 18.1 Å². The Morgan fingerprint density at radius 2 is 2.20 bits per heavy atom. The van der Waals surface area contributed by atoms with Gasteiger partial charge in [-0.15, -0.1) is 12.4 Å². The standard InChI is InChI=1S/C16H24N2O.ClH/c1-12-4-2-5-13(10-12)18-15-7-3-6-14(15)16-11-19-9-8-17-16;/h2,4-5,10,14-18H,3,6-9,11H2,1H3;1H. The molecule has 2 N–H and O–H groups in total. The van der Waals surface area contributed by atoms with E-state index in [0.717, 1.165) is 19.8 Å². The van der Waals surface area contributed by atoms with Crippen LogP contribution in [0.1, 0.15) is 24.8 Å². The SMILES string of the molecule is Cc1cccc(NC2CCCC2C2COCCN2)c1.Cl. The highest BCUT2D eigenvalue weighted by Gasteiger charge is 2.34. The lowest BCUT2D eigenvalue weighted by Crippen LogP contribution is -2.49. The van der Waals surface area contributed by atoms with Crippen LogP contribution in [0.5, 0.6) is 0 Å². The largest absolute Gasteiger partial charge is 0.382 e. The number of nitrogens with one attached hydrogen (secondary N) is 2. The number of hydrogen-bond donors (Lipinski definition) is 2. The van der Waals surface area contributed by atoms with Crippen molar-refractivity contribution in [2.75, 3.05) is 25.1 Å². The van der Waals surface area contributed by atoms with Gasteiger partial charge < -0.3 is 15.4 Å². The van der Waals surface area contributed by atoms with Crippen LogP contribution in [-0.2, 0) is 4.74 Å². The quantitative estimate of drug-likeness (QED) is 0.900. The van der Waals surface area contributed by atoms with E-state index in [1.165, 1.54) is 30.5 Å². The molecule has 1 aliphatic heterocycles. The zero-order chi connectivity index (χ0) is 13.1. The van der Waals surface area contributed by atoms with Gasteiger partial charge in [0.2, 0.25) is 0 Å². The van der Waals surface area contributed by atoms with Crippen molar-refractivity contribution in [3.8, 4) is 0 Å². The first-order chi connectivity index (χ1) is 9.33. The van der Waals surface area contributed by atoms with Crippen LogP contribution in [0.15, 0.2) is 24.3 Å². The summed E-state index contributed by atoms with van der Waals surface area (Å²) < 4.78 is 5.62. The first-order valence-corrected chi connectivity index (χ1v) is 7.47. The molecular weight excluding hydrogens is 272 g/mol. The topological polar surface area (TPSA) is 33.3 Å². The van der Waals surface area contributed by atoms with Crippen molar-refractivity contribution in [2.45, 2.75) is 38.3 Å². The minimum absolute atomic E-state index is 0. The van der Waals surface area contributed by atoms with Crippen LogP contribution in [-0.4, -0.2) is 31.8 Å². The second-order valence-corrected chi connectivity index (χ2v) is 5.85. The maximum atomic E-state index is 5.62. The van der Waals surface area contributed by atoms with E-state index in [9.17, 15) is 0 Å². The third kappa shape index (κ3) is 3.66. The molecule has 4 heteroatoms. The molecule has 1 aromatic carbocycles. The summed E-state index contributed by atoms with van der Waals surface area (Å²) in [6.45, 7) is 4.88. The zero-order valence-electron chi connectivity index (χ0n) is 12.1. The summed E-state index contributed by atoms with van der Waals surface area (Å²) >= 11 is 0. The lowest BCUT2D eigenvalue weighted by atomic mass is 9.93. The maximum Gasteiger partial charge on any atom is 0.0623 e. The highest BCUT2D eigenvalue weighted by atomic mass is 35.5. The fraction of sp³-hybridized carbons (Fsp3) is 0.625. The summed E-state index contributed by atoms with van der Waals surface area (Å²) in [7, 11) is 0. The molecule has 3 atom stereocenters. The van der Waals surface area contributed by atoms with Gasteiger partial charge in [0, 0.05) is 24.3 Å². The number of benzene rings is 1. The highest BCUT2D eigenvalue weighted by molar-refractivity contribution is 5.85. The van der Waals surface area contributed by atoms with E-state index in [-0.39, 0.29) is 12.4 Å². The van der Waals surface area contributed by atoms with Crippen LogP contribution in [0.25, 0.3) is 0 Å². The van der Waals surface area contributed by atoms with Crippen LogP contribution in [0, 0.1) is 12.8 Å². The zero-order valence-corrected chi connectivity index (χ0v) is 12.9. The molecule has 0 aromatic heterocycles. The van der Waals surface area contributed by atoms with E-state index in [1.807, 2.05) is 0 Å². The van der Waals surface area contributed by atoms with Gasteiger partial charge in [-0.25, -0.2) is 0 Å². The Kier molecular flexibility index (Phi) is 5.70.